The van der Waals surface area contributed by atoms with Crippen LogP contribution < -0.4 is 5.32 Å². The molecule has 0 aliphatic heterocycles. The lowest BCUT2D eigenvalue weighted by Crippen LogP contribution is -2.25. The van der Waals surface area contributed by atoms with Gasteiger partial charge in [0.15, 0.2) is 0 Å². The number of benzene rings is 2. The van der Waals surface area contributed by atoms with Crippen molar-refractivity contribution in [2.45, 2.75) is 52.6 Å². The smallest absolute Gasteiger partial charge is 0.359 e. The number of aryl methyl sites for hydroxylation is 1. The van der Waals surface area contributed by atoms with Gasteiger partial charge in [0.2, 0.25) is 0 Å². The molecule has 1 nitrogen and oxygen atoms in total. The maximum Gasteiger partial charge on any atom is 0.395 e. The number of anilines is 1. The molecule has 0 aromatic heterocycles. The summed E-state index contributed by atoms with van der Waals surface area (Å²) in [6, 6.07) is 14.7. The first-order chi connectivity index (χ1) is 12.4. The first-order valence-corrected chi connectivity index (χ1v) is 9.11. The molecule has 0 fully saturated rings. The van der Waals surface area contributed by atoms with E-state index < -0.39 is 17.5 Å². The van der Waals surface area contributed by atoms with E-state index in [1.165, 1.54) is 5.56 Å². The molecule has 2 aromatic carbocycles. The number of hydrogen-bond donors (Lipinski definition) is 1. The quantitative estimate of drug-likeness (QED) is 0.561. The Morgan fingerprint density at radius 3 is 2.00 bits per heavy atom. The highest BCUT2D eigenvalue weighted by Crippen LogP contribution is 2.42. The lowest BCUT2D eigenvalue weighted by Gasteiger charge is -2.28. The molecule has 0 amide bonds. The molecule has 1 N–H and O–H groups in total. The third-order valence-corrected chi connectivity index (χ3v) is 4.38. The second-order valence-corrected chi connectivity index (χ2v) is 8.37. The Morgan fingerprint density at radius 2 is 1.52 bits per heavy atom. The second kappa shape index (κ2) is 8.20. The molecule has 4 heteroatoms. The number of rotatable bonds is 6. The van der Waals surface area contributed by atoms with Crippen LogP contribution in [0.2, 0.25) is 0 Å². The van der Waals surface area contributed by atoms with Gasteiger partial charge in [0.1, 0.15) is 0 Å². The summed E-state index contributed by atoms with van der Waals surface area (Å²) in [7, 11) is 0. The van der Waals surface area contributed by atoms with E-state index in [9.17, 15) is 13.2 Å². The zero-order chi connectivity index (χ0) is 20.2. The average molecular weight is 375 g/mol. The van der Waals surface area contributed by atoms with Gasteiger partial charge in [-0.25, -0.2) is 0 Å². The first kappa shape index (κ1) is 21.1. The number of hydrogen-bond acceptors (Lipinski definition) is 1. The van der Waals surface area contributed by atoms with E-state index in [0.29, 0.717) is 12.0 Å². The summed E-state index contributed by atoms with van der Waals surface area (Å²) < 4.78 is 40.5. The molecule has 0 spiro atoms. The summed E-state index contributed by atoms with van der Waals surface area (Å²) in [5.74, 6) is -1.46. The molecular weight excluding hydrogens is 347 g/mol. The van der Waals surface area contributed by atoms with Crippen molar-refractivity contribution in [3.8, 4) is 0 Å². The normalized spacial score (nSPS) is 13.3. The van der Waals surface area contributed by atoms with E-state index in [1.807, 2.05) is 52.0 Å². The van der Waals surface area contributed by atoms with Crippen LogP contribution in [0.4, 0.5) is 18.9 Å². The third-order valence-electron chi connectivity index (χ3n) is 4.38. The number of allylic oxidation sites excluding steroid dienone is 1. The fraction of sp³-hybridized carbons (Fsp3) is 0.391. The van der Waals surface area contributed by atoms with Crippen molar-refractivity contribution in [1.29, 1.82) is 0 Å². The molecule has 0 heterocycles. The first-order valence-electron chi connectivity index (χ1n) is 9.11. The molecule has 146 valence electrons. The second-order valence-electron chi connectivity index (χ2n) is 8.37. The van der Waals surface area contributed by atoms with Crippen LogP contribution in [0.5, 0.6) is 0 Å². The fourth-order valence-electron chi connectivity index (χ4n) is 3.03. The van der Waals surface area contributed by atoms with Gasteiger partial charge in [-0.05, 0) is 42.0 Å². The van der Waals surface area contributed by atoms with Crippen LogP contribution in [0, 0.1) is 12.3 Å². The van der Waals surface area contributed by atoms with E-state index in [4.69, 9.17) is 0 Å². The van der Waals surface area contributed by atoms with Crippen molar-refractivity contribution in [1.82, 2.24) is 0 Å². The van der Waals surface area contributed by atoms with Crippen LogP contribution in [0.25, 0.3) is 0 Å². The highest BCUT2D eigenvalue weighted by Gasteiger charge is 2.42. The van der Waals surface area contributed by atoms with Gasteiger partial charge in [0, 0.05) is 17.8 Å². The molecule has 0 radical (unpaired) electrons. The maximum absolute atomic E-state index is 13.5. The van der Waals surface area contributed by atoms with E-state index >= 15 is 0 Å². The zero-order valence-corrected chi connectivity index (χ0v) is 16.5. The monoisotopic (exact) mass is 375 g/mol. The molecule has 0 aliphatic carbocycles. The van der Waals surface area contributed by atoms with Crippen molar-refractivity contribution in [3.05, 3.63) is 77.5 Å². The molecule has 2 rings (SSSR count). The largest absolute Gasteiger partial charge is 0.395 e. The van der Waals surface area contributed by atoms with E-state index in [2.05, 4.69) is 11.9 Å². The number of alkyl halides is 3. The van der Waals surface area contributed by atoms with Crippen LogP contribution in [0.15, 0.2) is 60.8 Å². The van der Waals surface area contributed by atoms with Crippen molar-refractivity contribution < 1.29 is 13.2 Å². The molecule has 2 aromatic rings. The lowest BCUT2D eigenvalue weighted by molar-refractivity contribution is -0.156. The molecule has 0 bridgehead atoms. The Labute approximate surface area is 160 Å². The average Bonchev–Trinajstić information content (AvgIpc) is 2.54. The van der Waals surface area contributed by atoms with Crippen LogP contribution >= 0.6 is 0 Å². The van der Waals surface area contributed by atoms with Gasteiger partial charge in [-0.2, -0.15) is 13.2 Å². The minimum atomic E-state index is -4.25. The molecule has 0 saturated heterocycles. The Balaban J connectivity index is 2.06. The van der Waals surface area contributed by atoms with Crippen LogP contribution in [-0.4, -0.2) is 6.18 Å². The minimum Gasteiger partial charge on any atom is -0.359 e. The predicted octanol–water partition coefficient (Wildman–Crippen LogP) is 7.25. The topological polar surface area (TPSA) is 12.0 Å². The summed E-state index contributed by atoms with van der Waals surface area (Å²) in [6.45, 7) is 11.5. The van der Waals surface area contributed by atoms with Crippen molar-refractivity contribution >= 4 is 5.69 Å². The molecule has 27 heavy (non-hydrogen) atoms. The summed E-state index contributed by atoms with van der Waals surface area (Å²) in [5.41, 5.74) is 3.77. The van der Waals surface area contributed by atoms with Crippen LogP contribution in [0.1, 0.15) is 49.8 Å². The van der Waals surface area contributed by atoms with Gasteiger partial charge in [0.25, 0.3) is 0 Å². The Bertz CT molecular complexity index is 750. The summed E-state index contributed by atoms with van der Waals surface area (Å²) in [5, 5.41) is 3.18. The van der Waals surface area contributed by atoms with Gasteiger partial charge < -0.3 is 5.32 Å². The van der Waals surface area contributed by atoms with Gasteiger partial charge in [-0.1, -0.05) is 69.3 Å². The van der Waals surface area contributed by atoms with Crippen LogP contribution in [0.3, 0.4) is 0 Å². The number of nitrogens with one attached hydrogen (secondary N) is 1. The summed E-state index contributed by atoms with van der Waals surface area (Å²) >= 11 is 0. The van der Waals surface area contributed by atoms with Gasteiger partial charge >= 0.3 is 6.18 Å². The van der Waals surface area contributed by atoms with E-state index in [-0.39, 0.29) is 6.42 Å². The lowest BCUT2D eigenvalue weighted by atomic mass is 9.81. The Hall–Kier alpha value is -2.23. The SMILES string of the molecule is C=C(Cc1ccc(C)cc1)Nc1ccc(C(CC(C)(C)C)C(F)(F)F)cc1. The molecule has 0 aliphatic rings. The number of halogens is 3. The zero-order valence-electron chi connectivity index (χ0n) is 16.5. The Kier molecular flexibility index (Phi) is 6.40. The predicted molar refractivity (Wildman–Crippen MR) is 107 cm³/mol. The molecular formula is C23H28F3N. The van der Waals surface area contributed by atoms with Gasteiger partial charge in [0.05, 0.1) is 5.92 Å². The van der Waals surface area contributed by atoms with Gasteiger partial charge in [-0.3, -0.25) is 0 Å². The molecule has 1 unspecified atom stereocenters. The van der Waals surface area contributed by atoms with E-state index in [1.54, 1.807) is 24.3 Å². The highest BCUT2D eigenvalue weighted by atomic mass is 19.4. The van der Waals surface area contributed by atoms with E-state index in [0.717, 1.165) is 16.9 Å². The Morgan fingerprint density at radius 1 is 0.963 bits per heavy atom. The van der Waals surface area contributed by atoms with Crippen molar-refractivity contribution in [2.75, 3.05) is 5.32 Å². The standard InChI is InChI=1S/C23H28F3N/c1-16-6-8-18(9-7-16)14-17(2)27-20-12-10-19(11-13-20)21(23(24,25)26)15-22(3,4)5/h6-13,21,27H,2,14-15H2,1,3-5H3. The molecule has 0 saturated carbocycles. The van der Waals surface area contributed by atoms with Gasteiger partial charge in [-0.15, -0.1) is 0 Å². The highest BCUT2D eigenvalue weighted by molar-refractivity contribution is 5.50. The summed E-state index contributed by atoms with van der Waals surface area (Å²) in [4.78, 5) is 0. The summed E-state index contributed by atoms with van der Waals surface area (Å²) in [6.07, 6.45) is -3.53. The van der Waals surface area contributed by atoms with Crippen molar-refractivity contribution in [3.63, 3.8) is 0 Å². The third kappa shape index (κ3) is 6.78. The molecule has 1 atom stereocenters. The van der Waals surface area contributed by atoms with Crippen LogP contribution in [-0.2, 0) is 6.42 Å². The minimum absolute atomic E-state index is 0.0589. The van der Waals surface area contributed by atoms with Crippen molar-refractivity contribution in [2.24, 2.45) is 5.41 Å². The maximum atomic E-state index is 13.5. The fourth-order valence-corrected chi connectivity index (χ4v) is 3.03.